The van der Waals surface area contributed by atoms with Crippen molar-refractivity contribution in [1.82, 2.24) is 5.06 Å². The summed E-state index contributed by atoms with van der Waals surface area (Å²) < 4.78 is 31.5. The zero-order chi connectivity index (χ0) is 18.4. The highest BCUT2D eigenvalue weighted by atomic mass is 19.3. The normalized spacial score (nSPS) is 20.6. The first-order valence-corrected chi connectivity index (χ1v) is 8.15. The smallest absolute Gasteiger partial charge is 0.343 e. The number of hydrogen-bond donors (Lipinski definition) is 1. The van der Waals surface area contributed by atoms with Crippen LogP contribution in [0.15, 0.2) is 17.9 Å². The Bertz CT molecular complexity index is 714. The molecular weight excluding hydrogens is 332 g/mol. The maximum absolute atomic E-state index is 13.0. The van der Waals surface area contributed by atoms with Gasteiger partial charge in [0.05, 0.1) is 7.11 Å². The molecular formula is C18H21F2NO4. The van der Waals surface area contributed by atoms with E-state index < -0.39 is 18.0 Å². The number of nitrogens with zero attached hydrogens (tertiary/aromatic N) is 1. The molecule has 0 aliphatic carbocycles. The topological polar surface area (TPSA) is 59.0 Å². The highest BCUT2D eigenvalue weighted by molar-refractivity contribution is 6.20. The molecule has 2 heterocycles. The maximum Gasteiger partial charge on any atom is 0.343 e. The number of esters is 1. The Morgan fingerprint density at radius 1 is 1.24 bits per heavy atom. The fraction of sp³-hybridized carbons (Fsp3) is 0.500. The summed E-state index contributed by atoms with van der Waals surface area (Å²) in [5.41, 5.74) is 0.426. The minimum Gasteiger partial charge on any atom is -0.507 e. The van der Waals surface area contributed by atoms with Crippen molar-refractivity contribution in [2.24, 2.45) is 0 Å². The molecule has 1 aromatic carbocycles. The van der Waals surface area contributed by atoms with Gasteiger partial charge in [-0.25, -0.2) is 13.6 Å². The van der Waals surface area contributed by atoms with Crippen molar-refractivity contribution < 1.29 is 28.3 Å². The molecule has 7 heteroatoms. The molecule has 136 valence electrons. The van der Waals surface area contributed by atoms with Crippen molar-refractivity contribution in [3.63, 3.8) is 0 Å². The van der Waals surface area contributed by atoms with E-state index in [0.29, 0.717) is 42.6 Å². The van der Waals surface area contributed by atoms with E-state index in [1.54, 1.807) is 26.0 Å². The Kier molecular flexibility index (Phi) is 4.55. The van der Waals surface area contributed by atoms with Crippen molar-refractivity contribution in [3.8, 4) is 0 Å². The van der Waals surface area contributed by atoms with Gasteiger partial charge in [-0.05, 0) is 42.7 Å². The highest BCUT2D eigenvalue weighted by Crippen LogP contribution is 2.44. The number of ether oxygens (including phenoxy) is 1. The number of benzene rings is 1. The molecule has 0 radical (unpaired) electrons. The van der Waals surface area contributed by atoms with Crippen LogP contribution in [0.25, 0.3) is 5.57 Å². The first-order chi connectivity index (χ1) is 11.8. The lowest BCUT2D eigenvalue weighted by Gasteiger charge is -2.36. The lowest BCUT2D eigenvalue weighted by molar-refractivity contribution is -0.182. The van der Waals surface area contributed by atoms with Crippen LogP contribution in [0.3, 0.4) is 0 Å². The average Bonchev–Trinajstić information content (AvgIpc) is 2.79. The zero-order valence-electron chi connectivity index (χ0n) is 14.4. The monoisotopic (exact) mass is 353 g/mol. The van der Waals surface area contributed by atoms with Crippen molar-refractivity contribution in [3.05, 3.63) is 40.1 Å². The zero-order valence-corrected chi connectivity index (χ0v) is 14.4. The quantitative estimate of drug-likeness (QED) is 0.844. The predicted octanol–water partition coefficient (Wildman–Crippen LogP) is 3.46. The van der Waals surface area contributed by atoms with E-state index >= 15 is 0 Å². The van der Waals surface area contributed by atoms with Gasteiger partial charge >= 0.3 is 5.97 Å². The van der Waals surface area contributed by atoms with Crippen LogP contribution in [0, 0.1) is 13.8 Å². The van der Waals surface area contributed by atoms with Gasteiger partial charge in [-0.3, -0.25) is 0 Å². The third-order valence-corrected chi connectivity index (χ3v) is 5.01. The van der Waals surface area contributed by atoms with Crippen LogP contribution < -0.4 is 0 Å². The summed E-state index contributed by atoms with van der Waals surface area (Å²) in [7, 11) is 1.57. The molecule has 5 nitrogen and oxygen atoms in total. The number of rotatable bonds is 3. The fourth-order valence-electron chi connectivity index (χ4n) is 3.71. The van der Waals surface area contributed by atoms with Crippen molar-refractivity contribution in [1.29, 1.82) is 0 Å². The van der Waals surface area contributed by atoms with Gasteiger partial charge in [-0.1, -0.05) is 0 Å². The molecule has 1 saturated heterocycles. The number of aliphatic hydroxyl groups is 1. The van der Waals surface area contributed by atoms with Gasteiger partial charge in [0.25, 0.3) is 6.43 Å². The van der Waals surface area contributed by atoms with E-state index in [0.717, 1.165) is 0 Å². The second-order valence-corrected chi connectivity index (χ2v) is 6.55. The minimum atomic E-state index is -2.59. The summed E-state index contributed by atoms with van der Waals surface area (Å²) in [4.78, 5) is 17.7. The van der Waals surface area contributed by atoms with Gasteiger partial charge in [0.2, 0.25) is 0 Å². The Hall–Kier alpha value is -1.99. The molecule has 0 atom stereocenters. The van der Waals surface area contributed by atoms with E-state index in [-0.39, 0.29) is 16.9 Å². The Labute approximate surface area is 144 Å². The van der Waals surface area contributed by atoms with Crippen LogP contribution in [-0.2, 0) is 14.4 Å². The van der Waals surface area contributed by atoms with Crippen LogP contribution in [0.2, 0.25) is 0 Å². The van der Waals surface area contributed by atoms with Gasteiger partial charge in [-0.15, -0.1) is 0 Å². The molecule has 1 aromatic rings. The SMILES string of the molecule is CON1CCC2(CC1)OC(=O)C(c1c(C)cc(C(F)F)cc1C)=C2O. The number of hydrogen-bond acceptors (Lipinski definition) is 5. The Morgan fingerprint density at radius 3 is 2.28 bits per heavy atom. The molecule has 2 aliphatic heterocycles. The Balaban J connectivity index is 2.04. The average molecular weight is 353 g/mol. The van der Waals surface area contributed by atoms with E-state index in [9.17, 15) is 18.7 Å². The fourth-order valence-corrected chi connectivity index (χ4v) is 3.71. The number of aliphatic hydroxyl groups excluding tert-OH is 1. The lowest BCUT2D eigenvalue weighted by Crippen LogP contribution is -2.45. The van der Waals surface area contributed by atoms with Crippen LogP contribution in [0.1, 0.15) is 41.5 Å². The summed E-state index contributed by atoms with van der Waals surface area (Å²) in [6.07, 6.45) is -1.76. The molecule has 1 N–H and O–H groups in total. The molecule has 0 aromatic heterocycles. The van der Waals surface area contributed by atoms with Crippen molar-refractivity contribution in [2.75, 3.05) is 20.2 Å². The van der Waals surface area contributed by atoms with Gasteiger partial charge in [0.1, 0.15) is 5.57 Å². The van der Waals surface area contributed by atoms with Crippen molar-refractivity contribution in [2.45, 2.75) is 38.7 Å². The second-order valence-electron chi connectivity index (χ2n) is 6.55. The number of carbonyl (C=O) groups is 1. The van der Waals surface area contributed by atoms with Crippen LogP contribution in [0.5, 0.6) is 0 Å². The van der Waals surface area contributed by atoms with Gasteiger partial charge < -0.3 is 14.7 Å². The third-order valence-electron chi connectivity index (χ3n) is 5.01. The number of carbonyl (C=O) groups excluding carboxylic acids is 1. The number of hydroxylamine groups is 2. The van der Waals surface area contributed by atoms with Crippen LogP contribution in [-0.4, -0.2) is 41.9 Å². The van der Waals surface area contributed by atoms with Crippen LogP contribution >= 0.6 is 0 Å². The first-order valence-electron chi connectivity index (χ1n) is 8.15. The summed E-state index contributed by atoms with van der Waals surface area (Å²) >= 11 is 0. The summed E-state index contributed by atoms with van der Waals surface area (Å²) in [6, 6.07) is 2.69. The van der Waals surface area contributed by atoms with Crippen LogP contribution in [0.4, 0.5) is 8.78 Å². The molecule has 2 aliphatic rings. The molecule has 0 amide bonds. The molecule has 1 fully saturated rings. The molecule has 3 rings (SSSR count). The van der Waals surface area contributed by atoms with E-state index in [1.165, 1.54) is 12.1 Å². The molecule has 1 spiro atoms. The summed E-state index contributed by atoms with van der Waals surface area (Å²) in [6.45, 7) is 4.34. The highest BCUT2D eigenvalue weighted by Gasteiger charge is 2.50. The third kappa shape index (κ3) is 2.91. The van der Waals surface area contributed by atoms with Gasteiger partial charge in [-0.2, -0.15) is 5.06 Å². The largest absolute Gasteiger partial charge is 0.507 e. The van der Waals surface area contributed by atoms with Crippen molar-refractivity contribution >= 4 is 11.5 Å². The minimum absolute atomic E-state index is 0.0849. The summed E-state index contributed by atoms with van der Waals surface area (Å²) in [5.74, 6) is -0.719. The molecule has 0 bridgehead atoms. The summed E-state index contributed by atoms with van der Waals surface area (Å²) in [5, 5.41) is 12.5. The second kappa shape index (κ2) is 6.38. The molecule has 0 unspecified atom stereocenters. The predicted molar refractivity (Wildman–Crippen MR) is 87.1 cm³/mol. The number of halogens is 2. The molecule has 0 saturated carbocycles. The maximum atomic E-state index is 13.0. The Morgan fingerprint density at radius 2 is 1.80 bits per heavy atom. The number of alkyl halides is 2. The lowest BCUT2D eigenvalue weighted by atomic mass is 9.86. The van der Waals surface area contributed by atoms with E-state index in [1.807, 2.05) is 0 Å². The number of piperidine rings is 1. The van der Waals surface area contributed by atoms with Gasteiger partial charge in [0, 0.05) is 31.5 Å². The molecule has 25 heavy (non-hydrogen) atoms. The first kappa shape index (κ1) is 17.8. The number of aryl methyl sites for hydroxylation is 2. The standard InChI is InChI=1S/C18H21F2NO4/c1-10-8-12(16(19)20)9-11(2)13(10)14-15(22)18(25-17(14)23)4-6-21(24-3)7-5-18/h8-9,16,22H,4-7H2,1-3H3. The van der Waals surface area contributed by atoms with E-state index in [4.69, 9.17) is 9.57 Å². The van der Waals surface area contributed by atoms with E-state index in [2.05, 4.69) is 0 Å². The van der Waals surface area contributed by atoms with Gasteiger partial charge in [0.15, 0.2) is 11.4 Å².